The minimum Gasteiger partial charge on any atom is -0.383 e. The summed E-state index contributed by atoms with van der Waals surface area (Å²) in [4.78, 5) is 16.4. The SMILES string of the molecule is CCNC(=O)c1cccc(CN=C(NCC)NC(C)COC)c1. The van der Waals surface area contributed by atoms with Gasteiger partial charge in [-0.2, -0.15) is 0 Å². The van der Waals surface area contributed by atoms with Gasteiger partial charge in [0, 0.05) is 31.8 Å². The van der Waals surface area contributed by atoms with Crippen molar-refractivity contribution in [2.24, 2.45) is 4.99 Å². The number of hydrogen-bond acceptors (Lipinski definition) is 3. The van der Waals surface area contributed by atoms with Crippen molar-refractivity contribution in [2.75, 3.05) is 26.8 Å². The summed E-state index contributed by atoms with van der Waals surface area (Å²) in [7, 11) is 1.68. The summed E-state index contributed by atoms with van der Waals surface area (Å²) >= 11 is 0. The van der Waals surface area contributed by atoms with Gasteiger partial charge in [-0.05, 0) is 38.5 Å². The Balaban J connectivity index is 2.74. The van der Waals surface area contributed by atoms with Gasteiger partial charge in [0.15, 0.2) is 5.96 Å². The number of ether oxygens (including phenoxy) is 1. The molecule has 1 atom stereocenters. The van der Waals surface area contributed by atoms with Crippen molar-refractivity contribution in [3.8, 4) is 0 Å². The highest BCUT2D eigenvalue weighted by molar-refractivity contribution is 5.94. The van der Waals surface area contributed by atoms with Gasteiger partial charge in [0.2, 0.25) is 0 Å². The number of carbonyl (C=O) groups excluding carboxylic acids is 1. The van der Waals surface area contributed by atoms with E-state index in [2.05, 4.69) is 20.9 Å². The monoisotopic (exact) mass is 320 g/mol. The van der Waals surface area contributed by atoms with Gasteiger partial charge in [-0.25, -0.2) is 4.99 Å². The third kappa shape index (κ3) is 7.15. The average Bonchev–Trinajstić information content (AvgIpc) is 2.53. The molecule has 1 unspecified atom stereocenters. The summed E-state index contributed by atoms with van der Waals surface area (Å²) in [6, 6.07) is 7.69. The van der Waals surface area contributed by atoms with E-state index in [4.69, 9.17) is 4.74 Å². The molecule has 1 rings (SSSR count). The highest BCUT2D eigenvalue weighted by Crippen LogP contribution is 2.06. The zero-order valence-electron chi connectivity index (χ0n) is 14.5. The van der Waals surface area contributed by atoms with Crippen LogP contribution in [-0.4, -0.2) is 44.7 Å². The quantitative estimate of drug-likeness (QED) is 0.501. The first-order chi connectivity index (χ1) is 11.1. The zero-order chi connectivity index (χ0) is 17.1. The molecule has 1 aromatic rings. The van der Waals surface area contributed by atoms with E-state index in [0.29, 0.717) is 25.3 Å². The molecule has 1 amide bonds. The minimum absolute atomic E-state index is 0.0583. The normalized spacial score (nSPS) is 12.6. The molecule has 0 radical (unpaired) electrons. The topological polar surface area (TPSA) is 74.8 Å². The van der Waals surface area contributed by atoms with Crippen LogP contribution < -0.4 is 16.0 Å². The van der Waals surface area contributed by atoms with Crippen LogP contribution in [0.4, 0.5) is 0 Å². The Morgan fingerprint density at radius 2 is 2.00 bits per heavy atom. The molecular weight excluding hydrogens is 292 g/mol. The Morgan fingerprint density at radius 3 is 2.65 bits per heavy atom. The van der Waals surface area contributed by atoms with Crippen LogP contribution >= 0.6 is 0 Å². The molecule has 0 fully saturated rings. The highest BCUT2D eigenvalue weighted by Gasteiger charge is 2.06. The molecule has 0 bridgehead atoms. The van der Waals surface area contributed by atoms with Crippen LogP contribution in [0.2, 0.25) is 0 Å². The molecule has 23 heavy (non-hydrogen) atoms. The predicted molar refractivity (Wildman–Crippen MR) is 93.7 cm³/mol. The Kier molecular flexibility index (Phi) is 8.75. The third-order valence-electron chi connectivity index (χ3n) is 3.09. The summed E-state index contributed by atoms with van der Waals surface area (Å²) in [5.41, 5.74) is 1.65. The average molecular weight is 320 g/mol. The fraction of sp³-hybridized carbons (Fsp3) is 0.529. The van der Waals surface area contributed by atoms with E-state index in [1.165, 1.54) is 0 Å². The van der Waals surface area contributed by atoms with Gasteiger partial charge in [0.1, 0.15) is 0 Å². The largest absolute Gasteiger partial charge is 0.383 e. The molecule has 6 heteroatoms. The Bertz CT molecular complexity index is 517. The molecule has 3 N–H and O–H groups in total. The predicted octanol–water partition coefficient (Wildman–Crippen LogP) is 1.53. The fourth-order valence-corrected chi connectivity index (χ4v) is 2.09. The molecular formula is C17H28N4O2. The lowest BCUT2D eigenvalue weighted by Crippen LogP contribution is -2.43. The van der Waals surface area contributed by atoms with Crippen LogP contribution in [0, 0.1) is 0 Å². The maximum absolute atomic E-state index is 11.9. The highest BCUT2D eigenvalue weighted by atomic mass is 16.5. The molecule has 0 saturated carbocycles. The van der Waals surface area contributed by atoms with Crippen molar-refractivity contribution < 1.29 is 9.53 Å². The number of amides is 1. The van der Waals surface area contributed by atoms with Crippen molar-refractivity contribution >= 4 is 11.9 Å². The van der Waals surface area contributed by atoms with E-state index in [1.54, 1.807) is 7.11 Å². The van der Waals surface area contributed by atoms with Gasteiger partial charge in [-0.1, -0.05) is 12.1 Å². The number of guanidine groups is 1. The molecule has 0 heterocycles. The Morgan fingerprint density at radius 1 is 1.26 bits per heavy atom. The lowest BCUT2D eigenvalue weighted by Gasteiger charge is -2.17. The van der Waals surface area contributed by atoms with Crippen LogP contribution in [0.3, 0.4) is 0 Å². The first kappa shape index (κ1) is 19.0. The van der Waals surface area contributed by atoms with Gasteiger partial charge < -0.3 is 20.7 Å². The van der Waals surface area contributed by atoms with E-state index in [9.17, 15) is 4.79 Å². The summed E-state index contributed by atoms with van der Waals surface area (Å²) < 4.78 is 5.12. The van der Waals surface area contributed by atoms with Crippen LogP contribution in [0.1, 0.15) is 36.7 Å². The van der Waals surface area contributed by atoms with E-state index in [0.717, 1.165) is 18.1 Å². The lowest BCUT2D eigenvalue weighted by atomic mass is 10.1. The second-order valence-electron chi connectivity index (χ2n) is 5.26. The molecule has 0 aliphatic heterocycles. The van der Waals surface area contributed by atoms with Crippen molar-refractivity contribution in [3.63, 3.8) is 0 Å². The number of hydrogen-bond donors (Lipinski definition) is 3. The van der Waals surface area contributed by atoms with Crippen LogP contribution in [0.5, 0.6) is 0 Å². The first-order valence-corrected chi connectivity index (χ1v) is 8.01. The van der Waals surface area contributed by atoms with Crippen molar-refractivity contribution in [2.45, 2.75) is 33.4 Å². The smallest absolute Gasteiger partial charge is 0.251 e. The Labute approximate surface area is 138 Å². The maximum atomic E-state index is 11.9. The summed E-state index contributed by atoms with van der Waals surface area (Å²) in [5.74, 6) is 0.678. The molecule has 128 valence electrons. The molecule has 6 nitrogen and oxygen atoms in total. The fourth-order valence-electron chi connectivity index (χ4n) is 2.09. The van der Waals surface area contributed by atoms with Gasteiger partial charge in [-0.3, -0.25) is 4.79 Å². The van der Waals surface area contributed by atoms with Crippen LogP contribution in [0.25, 0.3) is 0 Å². The molecule has 0 aromatic heterocycles. The molecule has 0 aliphatic carbocycles. The number of nitrogens with zero attached hydrogens (tertiary/aromatic N) is 1. The van der Waals surface area contributed by atoms with Crippen molar-refractivity contribution in [3.05, 3.63) is 35.4 Å². The zero-order valence-corrected chi connectivity index (χ0v) is 14.5. The van der Waals surface area contributed by atoms with E-state index >= 15 is 0 Å². The third-order valence-corrected chi connectivity index (χ3v) is 3.09. The number of rotatable bonds is 8. The number of nitrogens with one attached hydrogen (secondary N) is 3. The molecule has 1 aromatic carbocycles. The summed E-state index contributed by atoms with van der Waals surface area (Å²) in [5, 5.41) is 9.29. The molecule has 0 saturated heterocycles. The minimum atomic E-state index is -0.0583. The van der Waals surface area contributed by atoms with Gasteiger partial charge in [0.05, 0.1) is 13.2 Å². The summed E-state index contributed by atoms with van der Waals surface area (Å²) in [6.07, 6.45) is 0. The number of carbonyl (C=O) groups is 1. The van der Waals surface area contributed by atoms with Crippen molar-refractivity contribution in [1.29, 1.82) is 0 Å². The second-order valence-corrected chi connectivity index (χ2v) is 5.26. The molecule has 0 spiro atoms. The standard InChI is InChI=1S/C17H28N4O2/c1-5-18-16(22)15-9-7-8-14(10-15)11-20-17(19-6-2)21-13(3)12-23-4/h7-10,13H,5-6,11-12H2,1-4H3,(H,18,22)(H2,19,20,21). The second kappa shape index (κ2) is 10.6. The number of benzene rings is 1. The van der Waals surface area contributed by atoms with E-state index < -0.39 is 0 Å². The van der Waals surface area contributed by atoms with E-state index in [1.807, 2.05) is 45.0 Å². The van der Waals surface area contributed by atoms with Gasteiger partial charge in [0.25, 0.3) is 5.91 Å². The lowest BCUT2D eigenvalue weighted by molar-refractivity contribution is 0.0955. The number of aliphatic imine (C=N–C) groups is 1. The molecule has 0 aliphatic rings. The van der Waals surface area contributed by atoms with Crippen molar-refractivity contribution in [1.82, 2.24) is 16.0 Å². The Hall–Kier alpha value is -2.08. The van der Waals surface area contributed by atoms with Gasteiger partial charge >= 0.3 is 0 Å². The number of methoxy groups -OCH3 is 1. The van der Waals surface area contributed by atoms with Gasteiger partial charge in [-0.15, -0.1) is 0 Å². The first-order valence-electron chi connectivity index (χ1n) is 8.01. The van der Waals surface area contributed by atoms with E-state index in [-0.39, 0.29) is 11.9 Å². The van der Waals surface area contributed by atoms with Crippen LogP contribution in [-0.2, 0) is 11.3 Å². The van der Waals surface area contributed by atoms with Crippen LogP contribution in [0.15, 0.2) is 29.3 Å². The maximum Gasteiger partial charge on any atom is 0.251 e. The summed E-state index contributed by atoms with van der Waals surface area (Å²) in [6.45, 7) is 8.47.